The molecule has 0 aromatic heterocycles. The lowest BCUT2D eigenvalue weighted by Gasteiger charge is -2.22. The number of halogens is 2. The molecule has 2 aromatic rings. The Morgan fingerprint density at radius 1 is 0.667 bits per heavy atom. The van der Waals surface area contributed by atoms with Crippen LogP contribution in [0, 0.1) is 0 Å². The van der Waals surface area contributed by atoms with E-state index in [2.05, 4.69) is 0 Å². The van der Waals surface area contributed by atoms with Crippen LogP contribution in [0.15, 0.2) is 48.5 Å². The molecular formula is C21H22Cl2N2O2. The fourth-order valence-electron chi connectivity index (χ4n) is 3.19. The van der Waals surface area contributed by atoms with E-state index in [1.165, 1.54) is 0 Å². The smallest absolute Gasteiger partial charge is 0.227 e. The summed E-state index contributed by atoms with van der Waals surface area (Å²) in [4.78, 5) is 28.9. The molecule has 1 aliphatic rings. The van der Waals surface area contributed by atoms with Crippen molar-refractivity contribution in [3.63, 3.8) is 0 Å². The Morgan fingerprint density at radius 2 is 1.04 bits per heavy atom. The van der Waals surface area contributed by atoms with Crippen molar-refractivity contribution in [2.75, 3.05) is 26.2 Å². The van der Waals surface area contributed by atoms with E-state index in [9.17, 15) is 9.59 Å². The van der Waals surface area contributed by atoms with Gasteiger partial charge in [0.2, 0.25) is 11.8 Å². The Morgan fingerprint density at radius 3 is 1.41 bits per heavy atom. The molecule has 4 nitrogen and oxygen atoms in total. The van der Waals surface area contributed by atoms with Crippen molar-refractivity contribution in [3.05, 3.63) is 69.7 Å². The first kappa shape index (κ1) is 19.7. The predicted molar refractivity (Wildman–Crippen MR) is 108 cm³/mol. The highest BCUT2D eigenvalue weighted by Crippen LogP contribution is 2.14. The number of hydrogen-bond acceptors (Lipinski definition) is 2. The van der Waals surface area contributed by atoms with Crippen LogP contribution in [0.2, 0.25) is 10.0 Å². The second-order valence-electron chi connectivity index (χ2n) is 6.72. The zero-order valence-corrected chi connectivity index (χ0v) is 16.5. The average molecular weight is 405 g/mol. The second-order valence-corrected chi connectivity index (χ2v) is 7.59. The zero-order valence-electron chi connectivity index (χ0n) is 15.0. The van der Waals surface area contributed by atoms with Gasteiger partial charge in [-0.25, -0.2) is 0 Å². The highest BCUT2D eigenvalue weighted by molar-refractivity contribution is 6.30. The first-order chi connectivity index (χ1) is 13.0. The Balaban J connectivity index is 1.53. The average Bonchev–Trinajstić information content (AvgIpc) is 2.92. The summed E-state index contributed by atoms with van der Waals surface area (Å²) < 4.78 is 0. The molecular weight excluding hydrogens is 383 g/mol. The van der Waals surface area contributed by atoms with Gasteiger partial charge >= 0.3 is 0 Å². The summed E-state index contributed by atoms with van der Waals surface area (Å²) in [6.07, 6.45) is 1.50. The Kier molecular flexibility index (Phi) is 6.75. The van der Waals surface area contributed by atoms with Crippen LogP contribution in [0.3, 0.4) is 0 Å². The number of benzene rings is 2. The van der Waals surface area contributed by atoms with E-state index >= 15 is 0 Å². The van der Waals surface area contributed by atoms with E-state index in [-0.39, 0.29) is 11.8 Å². The van der Waals surface area contributed by atoms with E-state index in [1.807, 2.05) is 34.1 Å². The molecule has 0 unspecified atom stereocenters. The maximum absolute atomic E-state index is 12.6. The normalized spacial score (nSPS) is 14.7. The monoisotopic (exact) mass is 404 g/mol. The molecule has 0 bridgehead atoms. The summed E-state index contributed by atoms with van der Waals surface area (Å²) in [6, 6.07) is 14.7. The minimum absolute atomic E-state index is 0.0873. The molecule has 0 saturated carbocycles. The molecule has 0 atom stereocenters. The lowest BCUT2D eigenvalue weighted by Crippen LogP contribution is -2.38. The lowest BCUT2D eigenvalue weighted by molar-refractivity contribution is -0.132. The van der Waals surface area contributed by atoms with Crippen LogP contribution in [-0.4, -0.2) is 47.8 Å². The van der Waals surface area contributed by atoms with Gasteiger partial charge in [0.25, 0.3) is 0 Å². The summed E-state index contributed by atoms with van der Waals surface area (Å²) >= 11 is 11.8. The third-order valence-corrected chi connectivity index (χ3v) is 5.24. The molecule has 27 heavy (non-hydrogen) atoms. The number of hydrogen-bond donors (Lipinski definition) is 0. The van der Waals surface area contributed by atoms with Crippen molar-refractivity contribution in [2.24, 2.45) is 0 Å². The van der Waals surface area contributed by atoms with E-state index in [4.69, 9.17) is 23.2 Å². The Labute approximate surface area is 169 Å². The van der Waals surface area contributed by atoms with Gasteiger partial charge in [-0.15, -0.1) is 0 Å². The van der Waals surface area contributed by atoms with Crippen LogP contribution in [0.5, 0.6) is 0 Å². The van der Waals surface area contributed by atoms with Gasteiger partial charge < -0.3 is 9.80 Å². The van der Waals surface area contributed by atoms with Crippen molar-refractivity contribution >= 4 is 35.0 Å². The maximum atomic E-state index is 12.6. The van der Waals surface area contributed by atoms with Gasteiger partial charge in [-0.3, -0.25) is 9.59 Å². The van der Waals surface area contributed by atoms with Gasteiger partial charge in [0, 0.05) is 36.2 Å². The number of carbonyl (C=O) groups is 2. The first-order valence-electron chi connectivity index (χ1n) is 9.06. The van der Waals surface area contributed by atoms with Gasteiger partial charge in [-0.1, -0.05) is 47.5 Å². The third-order valence-electron chi connectivity index (χ3n) is 4.74. The number of rotatable bonds is 4. The van der Waals surface area contributed by atoms with Crippen molar-refractivity contribution in [1.82, 2.24) is 9.80 Å². The Hall–Kier alpha value is -2.04. The fourth-order valence-corrected chi connectivity index (χ4v) is 3.45. The SMILES string of the molecule is O=C(Cc1ccc(Cl)cc1)N1CCCN(C(=O)Cc2ccc(Cl)cc2)CC1. The quantitative estimate of drug-likeness (QED) is 0.776. The summed E-state index contributed by atoms with van der Waals surface area (Å²) in [6.45, 7) is 2.49. The topological polar surface area (TPSA) is 40.6 Å². The second kappa shape index (κ2) is 9.25. The summed E-state index contributed by atoms with van der Waals surface area (Å²) in [5, 5.41) is 1.33. The highest BCUT2D eigenvalue weighted by atomic mass is 35.5. The molecule has 0 radical (unpaired) electrons. The molecule has 2 amide bonds. The van der Waals surface area contributed by atoms with E-state index < -0.39 is 0 Å². The van der Waals surface area contributed by atoms with Crippen molar-refractivity contribution in [2.45, 2.75) is 19.3 Å². The molecule has 0 N–H and O–H groups in total. The zero-order chi connectivity index (χ0) is 19.2. The van der Waals surface area contributed by atoms with Gasteiger partial charge in [-0.05, 0) is 41.8 Å². The van der Waals surface area contributed by atoms with Gasteiger partial charge in [-0.2, -0.15) is 0 Å². The van der Waals surface area contributed by atoms with Gasteiger partial charge in [0.15, 0.2) is 0 Å². The van der Waals surface area contributed by atoms with Crippen molar-refractivity contribution in [1.29, 1.82) is 0 Å². The van der Waals surface area contributed by atoms with Crippen LogP contribution in [-0.2, 0) is 22.4 Å². The minimum Gasteiger partial charge on any atom is -0.341 e. The Bertz CT molecular complexity index is 723. The molecule has 0 spiro atoms. The third kappa shape index (κ3) is 5.72. The lowest BCUT2D eigenvalue weighted by atomic mass is 10.1. The summed E-state index contributed by atoms with van der Waals surface area (Å²) in [5.41, 5.74) is 1.90. The van der Waals surface area contributed by atoms with Crippen LogP contribution < -0.4 is 0 Å². The van der Waals surface area contributed by atoms with Gasteiger partial charge in [0.1, 0.15) is 0 Å². The molecule has 2 aromatic carbocycles. The number of carbonyl (C=O) groups excluding carboxylic acids is 2. The predicted octanol–water partition coefficient (Wildman–Crippen LogP) is 3.84. The maximum Gasteiger partial charge on any atom is 0.227 e. The highest BCUT2D eigenvalue weighted by Gasteiger charge is 2.22. The first-order valence-corrected chi connectivity index (χ1v) is 9.81. The summed E-state index contributed by atoms with van der Waals surface area (Å²) in [7, 11) is 0. The van der Waals surface area contributed by atoms with Crippen molar-refractivity contribution < 1.29 is 9.59 Å². The fraction of sp³-hybridized carbons (Fsp3) is 0.333. The van der Waals surface area contributed by atoms with Crippen LogP contribution in [0.25, 0.3) is 0 Å². The molecule has 1 heterocycles. The van der Waals surface area contributed by atoms with E-state index in [0.29, 0.717) is 49.1 Å². The molecule has 1 fully saturated rings. The largest absolute Gasteiger partial charge is 0.341 e. The standard InChI is InChI=1S/C21H22Cl2N2O2/c22-18-6-2-16(3-7-18)14-20(26)24-10-1-11-25(13-12-24)21(27)15-17-4-8-19(23)9-5-17/h2-9H,1,10-15H2. The van der Waals surface area contributed by atoms with Crippen LogP contribution in [0.4, 0.5) is 0 Å². The number of amides is 2. The molecule has 0 aliphatic carbocycles. The molecule has 1 saturated heterocycles. The molecule has 6 heteroatoms. The van der Waals surface area contributed by atoms with Gasteiger partial charge in [0.05, 0.1) is 12.8 Å². The van der Waals surface area contributed by atoms with Crippen molar-refractivity contribution in [3.8, 4) is 0 Å². The summed E-state index contributed by atoms with van der Waals surface area (Å²) in [5.74, 6) is 0.175. The van der Waals surface area contributed by atoms with Crippen LogP contribution in [0.1, 0.15) is 17.5 Å². The molecule has 3 rings (SSSR count). The van der Waals surface area contributed by atoms with E-state index in [0.717, 1.165) is 17.5 Å². The molecule has 142 valence electrons. The molecule has 1 aliphatic heterocycles. The number of nitrogens with zero attached hydrogens (tertiary/aromatic N) is 2. The van der Waals surface area contributed by atoms with E-state index in [1.54, 1.807) is 24.3 Å². The minimum atomic E-state index is 0.0873. The van der Waals surface area contributed by atoms with Crippen LogP contribution >= 0.6 is 23.2 Å².